The maximum Gasteiger partial charge on any atom is 0.0661 e. The summed E-state index contributed by atoms with van der Waals surface area (Å²) in [5.74, 6) is 0. The first-order valence-electron chi connectivity index (χ1n) is 5.36. The van der Waals surface area contributed by atoms with Crippen LogP contribution in [0.15, 0.2) is 22.7 Å². The number of anilines is 1. The summed E-state index contributed by atoms with van der Waals surface area (Å²) in [4.78, 5) is 0. The predicted octanol–water partition coefficient (Wildman–Crippen LogP) is 2.95. The van der Waals surface area contributed by atoms with E-state index < -0.39 is 0 Å². The highest BCUT2D eigenvalue weighted by atomic mass is 79.9. The molecule has 0 fully saturated rings. The Balaban J connectivity index is 2.32. The maximum absolute atomic E-state index is 9.46. The predicted molar refractivity (Wildman–Crippen MR) is 66.2 cm³/mol. The fourth-order valence-corrected chi connectivity index (χ4v) is 2.46. The molecule has 2 nitrogen and oxygen atoms in total. The molecule has 1 atom stereocenters. The van der Waals surface area contributed by atoms with Crippen LogP contribution in [0.1, 0.15) is 25.3 Å². The smallest absolute Gasteiger partial charge is 0.0661 e. The third-order valence-electron chi connectivity index (χ3n) is 3.32. The fourth-order valence-electron chi connectivity index (χ4n) is 2.10. The Morgan fingerprint density at radius 2 is 2.33 bits per heavy atom. The van der Waals surface area contributed by atoms with Crippen molar-refractivity contribution in [2.24, 2.45) is 0 Å². The van der Waals surface area contributed by atoms with Gasteiger partial charge in [0.1, 0.15) is 0 Å². The summed E-state index contributed by atoms with van der Waals surface area (Å²) in [5, 5.41) is 12.9. The first kappa shape index (κ1) is 11.0. The summed E-state index contributed by atoms with van der Waals surface area (Å²) >= 11 is 3.47. The van der Waals surface area contributed by atoms with Gasteiger partial charge in [-0.3, -0.25) is 0 Å². The Hall–Kier alpha value is -0.540. The van der Waals surface area contributed by atoms with Gasteiger partial charge < -0.3 is 10.4 Å². The van der Waals surface area contributed by atoms with Gasteiger partial charge in [0.25, 0.3) is 0 Å². The van der Waals surface area contributed by atoms with Crippen LogP contribution in [0, 0.1) is 0 Å². The van der Waals surface area contributed by atoms with Crippen LogP contribution in [0.2, 0.25) is 0 Å². The summed E-state index contributed by atoms with van der Waals surface area (Å²) < 4.78 is 1.08. The summed E-state index contributed by atoms with van der Waals surface area (Å²) in [6.07, 6.45) is 3.01. The van der Waals surface area contributed by atoms with Crippen molar-refractivity contribution in [3.05, 3.63) is 28.2 Å². The zero-order chi connectivity index (χ0) is 10.9. The van der Waals surface area contributed by atoms with Crippen molar-refractivity contribution in [3.8, 4) is 0 Å². The Bertz CT molecular complexity index is 361. The van der Waals surface area contributed by atoms with Crippen LogP contribution in [-0.2, 0) is 6.42 Å². The topological polar surface area (TPSA) is 32.3 Å². The number of hydrogen-bond donors (Lipinski definition) is 2. The van der Waals surface area contributed by atoms with Crippen LogP contribution in [0.4, 0.5) is 5.69 Å². The SMILES string of the molecule is CCC1(CO)CCc2ccc(Br)cc2N1. The normalized spacial score (nSPS) is 24.5. The van der Waals surface area contributed by atoms with Crippen LogP contribution in [0.25, 0.3) is 0 Å². The lowest BCUT2D eigenvalue weighted by atomic mass is 9.85. The van der Waals surface area contributed by atoms with Crippen molar-refractivity contribution in [1.29, 1.82) is 0 Å². The van der Waals surface area contributed by atoms with Crippen LogP contribution in [0.3, 0.4) is 0 Å². The molecule has 0 aliphatic carbocycles. The first-order chi connectivity index (χ1) is 7.19. The first-order valence-corrected chi connectivity index (χ1v) is 6.16. The van der Waals surface area contributed by atoms with Gasteiger partial charge in [-0.1, -0.05) is 28.9 Å². The molecule has 1 aliphatic rings. The van der Waals surface area contributed by atoms with Crippen LogP contribution >= 0.6 is 15.9 Å². The molecule has 0 saturated carbocycles. The molecular weight excluding hydrogens is 254 g/mol. The van der Waals surface area contributed by atoms with Gasteiger partial charge in [-0.25, -0.2) is 0 Å². The molecule has 82 valence electrons. The van der Waals surface area contributed by atoms with E-state index in [4.69, 9.17) is 0 Å². The zero-order valence-electron chi connectivity index (χ0n) is 8.89. The number of nitrogens with one attached hydrogen (secondary N) is 1. The average molecular weight is 270 g/mol. The minimum atomic E-state index is -0.117. The van der Waals surface area contributed by atoms with Crippen molar-refractivity contribution in [1.82, 2.24) is 0 Å². The second kappa shape index (κ2) is 4.14. The lowest BCUT2D eigenvalue weighted by Gasteiger charge is -2.38. The number of fused-ring (bicyclic) bond motifs is 1. The molecule has 1 aromatic rings. The van der Waals surface area contributed by atoms with E-state index >= 15 is 0 Å². The molecule has 0 spiro atoms. The van der Waals surface area contributed by atoms with Crippen molar-refractivity contribution in [2.45, 2.75) is 31.7 Å². The molecular formula is C12H16BrNO. The van der Waals surface area contributed by atoms with Crippen molar-refractivity contribution in [2.75, 3.05) is 11.9 Å². The molecule has 2 rings (SSSR count). The summed E-state index contributed by atoms with van der Waals surface area (Å²) in [6, 6.07) is 6.30. The molecule has 0 aromatic heterocycles. The van der Waals surface area contributed by atoms with Crippen molar-refractivity contribution >= 4 is 21.6 Å². The van der Waals surface area contributed by atoms with Gasteiger partial charge in [0, 0.05) is 10.2 Å². The number of aliphatic hydroxyl groups is 1. The standard InChI is InChI=1S/C12H16BrNO/c1-2-12(8-15)6-5-9-3-4-10(13)7-11(9)14-12/h3-4,7,14-15H,2,5-6,8H2,1H3. The summed E-state index contributed by atoms with van der Waals surface area (Å²) in [6.45, 7) is 2.32. The molecule has 1 aromatic carbocycles. The highest BCUT2D eigenvalue weighted by Crippen LogP contribution is 2.34. The van der Waals surface area contributed by atoms with Crippen LogP contribution in [-0.4, -0.2) is 17.3 Å². The molecule has 1 aliphatic heterocycles. The van der Waals surface area contributed by atoms with Crippen molar-refractivity contribution in [3.63, 3.8) is 0 Å². The third-order valence-corrected chi connectivity index (χ3v) is 3.82. The van der Waals surface area contributed by atoms with Gasteiger partial charge in [0.15, 0.2) is 0 Å². The van der Waals surface area contributed by atoms with E-state index in [0.717, 1.165) is 29.4 Å². The van der Waals surface area contributed by atoms with E-state index in [1.165, 1.54) is 5.56 Å². The highest BCUT2D eigenvalue weighted by Gasteiger charge is 2.31. The monoisotopic (exact) mass is 269 g/mol. The number of aryl methyl sites for hydroxylation is 1. The lowest BCUT2D eigenvalue weighted by molar-refractivity contribution is 0.195. The molecule has 15 heavy (non-hydrogen) atoms. The fraction of sp³-hybridized carbons (Fsp3) is 0.500. The molecule has 1 heterocycles. The van der Waals surface area contributed by atoms with Gasteiger partial charge in [-0.05, 0) is 37.0 Å². The summed E-state index contributed by atoms with van der Waals surface area (Å²) in [7, 11) is 0. The average Bonchev–Trinajstić information content (AvgIpc) is 2.28. The van der Waals surface area contributed by atoms with Crippen LogP contribution in [0.5, 0.6) is 0 Å². The van der Waals surface area contributed by atoms with Gasteiger partial charge in [-0.15, -0.1) is 0 Å². The number of rotatable bonds is 2. The molecule has 0 bridgehead atoms. The molecule has 2 N–H and O–H groups in total. The Kier molecular flexibility index (Phi) is 3.03. The minimum Gasteiger partial charge on any atom is -0.394 e. The van der Waals surface area contributed by atoms with E-state index in [-0.39, 0.29) is 12.1 Å². The van der Waals surface area contributed by atoms with Gasteiger partial charge in [0.05, 0.1) is 12.1 Å². The molecule has 0 amide bonds. The van der Waals surface area contributed by atoms with Crippen molar-refractivity contribution < 1.29 is 5.11 Å². The number of aliphatic hydroxyl groups excluding tert-OH is 1. The highest BCUT2D eigenvalue weighted by molar-refractivity contribution is 9.10. The summed E-state index contributed by atoms with van der Waals surface area (Å²) in [5.41, 5.74) is 2.38. The van der Waals surface area contributed by atoms with E-state index in [1.807, 2.05) is 0 Å². The largest absolute Gasteiger partial charge is 0.394 e. The second-order valence-corrected chi connectivity index (χ2v) is 5.13. The second-order valence-electron chi connectivity index (χ2n) is 4.22. The quantitative estimate of drug-likeness (QED) is 0.866. The number of benzene rings is 1. The molecule has 0 radical (unpaired) electrons. The molecule has 0 saturated heterocycles. The third kappa shape index (κ3) is 2.04. The number of halogens is 1. The van der Waals surface area contributed by atoms with E-state index in [2.05, 4.69) is 46.4 Å². The van der Waals surface area contributed by atoms with E-state index in [0.29, 0.717) is 0 Å². The lowest BCUT2D eigenvalue weighted by Crippen LogP contribution is -2.44. The Labute approximate surface area is 98.8 Å². The van der Waals surface area contributed by atoms with Gasteiger partial charge >= 0.3 is 0 Å². The Morgan fingerprint density at radius 3 is 3.00 bits per heavy atom. The number of hydrogen-bond acceptors (Lipinski definition) is 2. The van der Waals surface area contributed by atoms with E-state index in [9.17, 15) is 5.11 Å². The Morgan fingerprint density at radius 1 is 1.53 bits per heavy atom. The molecule has 3 heteroatoms. The zero-order valence-corrected chi connectivity index (χ0v) is 10.5. The molecule has 1 unspecified atom stereocenters. The van der Waals surface area contributed by atoms with Gasteiger partial charge in [0.2, 0.25) is 0 Å². The van der Waals surface area contributed by atoms with Crippen LogP contribution < -0.4 is 5.32 Å². The van der Waals surface area contributed by atoms with Gasteiger partial charge in [-0.2, -0.15) is 0 Å². The minimum absolute atomic E-state index is 0.117. The van der Waals surface area contributed by atoms with E-state index in [1.54, 1.807) is 0 Å². The maximum atomic E-state index is 9.46.